The average molecular weight is 218 g/mol. The highest BCUT2D eigenvalue weighted by molar-refractivity contribution is 7.89. The number of hydrogen-bond acceptors (Lipinski definition) is 3. The van der Waals surface area contributed by atoms with Crippen molar-refractivity contribution in [2.75, 3.05) is 13.1 Å². The van der Waals surface area contributed by atoms with E-state index in [2.05, 4.69) is 18.7 Å². The second kappa shape index (κ2) is 2.93. The molecular weight excluding hydrogens is 200 g/mol. The summed E-state index contributed by atoms with van der Waals surface area (Å²) in [5.74, 6) is 0. The van der Waals surface area contributed by atoms with E-state index >= 15 is 0 Å². The number of hydrogen-bond donors (Lipinski definition) is 1. The lowest BCUT2D eigenvalue weighted by molar-refractivity contribution is -0.0314. The summed E-state index contributed by atoms with van der Waals surface area (Å²) in [6, 6.07) is 0.570. The van der Waals surface area contributed by atoms with Gasteiger partial charge in [-0.1, -0.05) is 13.8 Å². The molecule has 14 heavy (non-hydrogen) atoms. The smallest absolute Gasteiger partial charge is 0.214 e. The van der Waals surface area contributed by atoms with Gasteiger partial charge in [0, 0.05) is 19.1 Å². The summed E-state index contributed by atoms with van der Waals surface area (Å²) in [5, 5.41) is 4.76. The quantitative estimate of drug-likeness (QED) is 0.717. The Morgan fingerprint density at radius 3 is 2.21 bits per heavy atom. The van der Waals surface area contributed by atoms with Gasteiger partial charge < -0.3 is 0 Å². The molecule has 0 bridgehead atoms. The third kappa shape index (κ3) is 1.57. The fourth-order valence-electron chi connectivity index (χ4n) is 2.46. The maximum absolute atomic E-state index is 11.0. The first-order valence-electron chi connectivity index (χ1n) is 5.06. The Morgan fingerprint density at radius 2 is 1.93 bits per heavy atom. The predicted octanol–water partition coefficient (Wildman–Crippen LogP) is 0.148. The first-order valence-corrected chi connectivity index (χ1v) is 6.67. The van der Waals surface area contributed by atoms with Crippen LogP contribution in [-0.2, 0) is 10.0 Å². The highest BCUT2D eigenvalue weighted by Gasteiger charge is 2.48. The molecule has 2 rings (SSSR count). The highest BCUT2D eigenvalue weighted by Crippen LogP contribution is 2.45. The molecule has 1 unspecified atom stereocenters. The molecule has 0 radical (unpaired) electrons. The first kappa shape index (κ1) is 10.4. The van der Waals surface area contributed by atoms with Crippen molar-refractivity contribution in [3.8, 4) is 0 Å². The van der Waals surface area contributed by atoms with Crippen molar-refractivity contribution in [1.82, 2.24) is 4.90 Å². The van der Waals surface area contributed by atoms with Crippen LogP contribution in [0, 0.1) is 5.41 Å². The van der Waals surface area contributed by atoms with Crippen LogP contribution in [0.15, 0.2) is 0 Å². The van der Waals surface area contributed by atoms with Crippen LogP contribution in [0.25, 0.3) is 0 Å². The van der Waals surface area contributed by atoms with E-state index in [1.54, 1.807) is 0 Å². The molecule has 0 amide bonds. The fourth-order valence-corrected chi connectivity index (χ4v) is 3.26. The van der Waals surface area contributed by atoms with Crippen LogP contribution in [0.1, 0.15) is 26.7 Å². The van der Waals surface area contributed by atoms with E-state index in [4.69, 9.17) is 5.14 Å². The molecule has 82 valence electrons. The molecule has 4 nitrogen and oxygen atoms in total. The van der Waals surface area contributed by atoms with Gasteiger partial charge in [-0.3, -0.25) is 4.90 Å². The summed E-state index contributed by atoms with van der Waals surface area (Å²) >= 11 is 0. The lowest BCUT2D eigenvalue weighted by atomic mass is 9.66. The van der Waals surface area contributed by atoms with E-state index in [9.17, 15) is 8.42 Å². The molecular formula is C9H18N2O2S. The van der Waals surface area contributed by atoms with Crippen LogP contribution >= 0.6 is 0 Å². The van der Waals surface area contributed by atoms with Crippen molar-refractivity contribution in [3.63, 3.8) is 0 Å². The Hall–Kier alpha value is -0.130. The zero-order chi connectivity index (χ0) is 10.6. The summed E-state index contributed by atoms with van der Waals surface area (Å²) < 4.78 is 22.0. The van der Waals surface area contributed by atoms with Crippen molar-refractivity contribution < 1.29 is 8.42 Å². The first-order chi connectivity index (χ1) is 6.31. The van der Waals surface area contributed by atoms with Crippen LogP contribution < -0.4 is 5.14 Å². The van der Waals surface area contributed by atoms with Crippen molar-refractivity contribution in [3.05, 3.63) is 0 Å². The topological polar surface area (TPSA) is 63.4 Å². The Bertz CT molecular complexity index is 331. The standard InChI is InChI=1S/C9H18N2O2S/c1-9(2)4-3-8(9)11-5-7(6-11)14(10,12)13/h7-8H,3-6H2,1-2H3,(H2,10,12,13). The van der Waals surface area contributed by atoms with Crippen LogP contribution in [0.2, 0.25) is 0 Å². The SMILES string of the molecule is CC1(C)CCC1N1CC(S(N)(=O)=O)C1. The number of rotatable bonds is 2. The molecule has 1 saturated carbocycles. The summed E-state index contributed by atoms with van der Waals surface area (Å²) in [4.78, 5) is 2.25. The molecule has 0 aromatic heterocycles. The van der Waals surface area contributed by atoms with E-state index < -0.39 is 10.0 Å². The molecule has 5 heteroatoms. The molecule has 1 aliphatic heterocycles. The van der Waals surface area contributed by atoms with Crippen LogP contribution in [0.5, 0.6) is 0 Å². The molecule has 1 heterocycles. The van der Waals surface area contributed by atoms with Gasteiger partial charge in [-0.05, 0) is 18.3 Å². The Morgan fingerprint density at radius 1 is 1.36 bits per heavy atom. The maximum atomic E-state index is 11.0. The normalized spacial score (nSPS) is 33.5. The third-order valence-electron chi connectivity index (χ3n) is 3.75. The van der Waals surface area contributed by atoms with Gasteiger partial charge in [0.1, 0.15) is 5.25 Å². The van der Waals surface area contributed by atoms with Gasteiger partial charge in [-0.2, -0.15) is 0 Å². The minimum absolute atomic E-state index is 0.320. The van der Waals surface area contributed by atoms with Crippen LogP contribution in [0.3, 0.4) is 0 Å². The summed E-state index contributed by atoms with van der Waals surface area (Å²) in [6.07, 6.45) is 2.44. The lowest BCUT2D eigenvalue weighted by Gasteiger charge is -2.55. The molecule has 2 fully saturated rings. The van der Waals surface area contributed by atoms with E-state index in [0.29, 0.717) is 24.5 Å². The van der Waals surface area contributed by atoms with E-state index in [1.165, 1.54) is 12.8 Å². The maximum Gasteiger partial charge on any atom is 0.214 e. The Kier molecular flexibility index (Phi) is 2.18. The minimum Gasteiger partial charge on any atom is -0.297 e. The number of primary sulfonamides is 1. The van der Waals surface area contributed by atoms with Gasteiger partial charge in [-0.25, -0.2) is 13.6 Å². The van der Waals surface area contributed by atoms with Crippen LogP contribution in [0.4, 0.5) is 0 Å². The number of sulfonamides is 1. The molecule has 1 atom stereocenters. The fraction of sp³-hybridized carbons (Fsp3) is 1.00. The second-order valence-corrected chi connectivity index (χ2v) is 7.05. The van der Waals surface area contributed by atoms with Crippen molar-refractivity contribution >= 4 is 10.0 Å². The van der Waals surface area contributed by atoms with Gasteiger partial charge in [-0.15, -0.1) is 0 Å². The van der Waals surface area contributed by atoms with Gasteiger partial charge in [0.15, 0.2) is 0 Å². The third-order valence-corrected chi connectivity index (χ3v) is 4.97. The zero-order valence-electron chi connectivity index (χ0n) is 8.73. The zero-order valence-corrected chi connectivity index (χ0v) is 9.55. The Balaban J connectivity index is 1.90. The van der Waals surface area contributed by atoms with E-state index in [-0.39, 0.29) is 5.25 Å². The predicted molar refractivity (Wildman–Crippen MR) is 55.3 cm³/mol. The second-order valence-electron chi connectivity index (χ2n) is 5.21. The summed E-state index contributed by atoms with van der Waals surface area (Å²) in [5.41, 5.74) is 0.364. The van der Waals surface area contributed by atoms with E-state index in [1.807, 2.05) is 0 Å². The Labute approximate surface area is 85.5 Å². The molecule has 0 aromatic rings. The number of likely N-dealkylation sites (tertiary alicyclic amines) is 1. The average Bonchev–Trinajstić information content (AvgIpc) is 1.90. The van der Waals surface area contributed by atoms with Crippen LogP contribution in [-0.4, -0.2) is 37.7 Å². The lowest BCUT2D eigenvalue weighted by Crippen LogP contribution is -2.65. The van der Waals surface area contributed by atoms with Gasteiger partial charge in [0.2, 0.25) is 10.0 Å². The van der Waals surface area contributed by atoms with Crippen molar-refractivity contribution in [2.45, 2.75) is 38.0 Å². The molecule has 1 aliphatic carbocycles. The van der Waals surface area contributed by atoms with E-state index in [0.717, 1.165) is 0 Å². The van der Waals surface area contributed by atoms with Gasteiger partial charge >= 0.3 is 0 Å². The number of nitrogens with zero attached hydrogens (tertiary/aromatic N) is 1. The monoisotopic (exact) mass is 218 g/mol. The van der Waals surface area contributed by atoms with Gasteiger partial charge in [0.25, 0.3) is 0 Å². The molecule has 0 aromatic carbocycles. The van der Waals surface area contributed by atoms with Gasteiger partial charge in [0.05, 0.1) is 0 Å². The van der Waals surface area contributed by atoms with Crippen molar-refractivity contribution in [1.29, 1.82) is 0 Å². The molecule has 0 spiro atoms. The van der Waals surface area contributed by atoms with Crippen molar-refractivity contribution in [2.24, 2.45) is 10.6 Å². The number of nitrogens with two attached hydrogens (primary N) is 1. The molecule has 2 N–H and O–H groups in total. The largest absolute Gasteiger partial charge is 0.297 e. The minimum atomic E-state index is -3.30. The summed E-state index contributed by atoms with van der Waals surface area (Å²) in [7, 11) is -3.30. The summed E-state index contributed by atoms with van der Waals surface area (Å²) in [6.45, 7) is 5.75. The molecule has 2 aliphatic rings. The molecule has 1 saturated heterocycles. The highest BCUT2D eigenvalue weighted by atomic mass is 32.2.